The van der Waals surface area contributed by atoms with E-state index in [9.17, 15) is 9.59 Å². The normalized spacial score (nSPS) is 19.6. The number of rotatable bonds is 4. The second-order valence-electron chi connectivity index (χ2n) is 7.98. The van der Waals surface area contributed by atoms with E-state index >= 15 is 0 Å². The van der Waals surface area contributed by atoms with E-state index in [0.29, 0.717) is 31.7 Å². The van der Waals surface area contributed by atoms with Crippen LogP contribution < -0.4 is 9.64 Å². The summed E-state index contributed by atoms with van der Waals surface area (Å²) in [4.78, 5) is 29.6. The smallest absolute Gasteiger partial charge is 0.260 e. The minimum Gasteiger partial charge on any atom is -0.484 e. The van der Waals surface area contributed by atoms with E-state index in [-0.39, 0.29) is 30.4 Å². The standard InChI is InChI=1S/C24H28N2O3/c1-18-11-12-19-7-5-6-10-22(19)26(18)24(28)20-13-15-25(16-14-20)23(27)17-29-21-8-3-2-4-9-21/h2-10,18,20H,11-17H2,1H3. The van der Waals surface area contributed by atoms with Crippen molar-refractivity contribution in [3.05, 3.63) is 60.2 Å². The highest BCUT2D eigenvalue weighted by Gasteiger charge is 2.35. The van der Waals surface area contributed by atoms with Gasteiger partial charge in [-0.05, 0) is 56.4 Å². The minimum absolute atomic E-state index is 0.0172. The monoisotopic (exact) mass is 392 g/mol. The first-order valence-electron chi connectivity index (χ1n) is 10.5. The first-order chi connectivity index (χ1) is 14.1. The second kappa shape index (κ2) is 8.68. The second-order valence-corrected chi connectivity index (χ2v) is 7.98. The number of benzene rings is 2. The molecule has 5 heteroatoms. The molecule has 1 unspecified atom stereocenters. The Balaban J connectivity index is 1.33. The number of hydrogen-bond donors (Lipinski definition) is 0. The number of aryl methyl sites for hydroxylation is 1. The SMILES string of the molecule is CC1CCc2ccccc2N1C(=O)C1CCN(C(=O)COc2ccccc2)CC1. The lowest BCUT2D eigenvalue weighted by atomic mass is 9.91. The van der Waals surface area contributed by atoms with Crippen molar-refractivity contribution in [2.75, 3.05) is 24.6 Å². The van der Waals surface area contributed by atoms with Crippen molar-refractivity contribution in [2.24, 2.45) is 5.92 Å². The number of anilines is 1. The minimum atomic E-state index is -0.0253. The number of amides is 2. The van der Waals surface area contributed by atoms with Crippen LogP contribution in [0.5, 0.6) is 5.75 Å². The summed E-state index contributed by atoms with van der Waals surface area (Å²) in [5.41, 5.74) is 2.32. The largest absolute Gasteiger partial charge is 0.484 e. The van der Waals surface area contributed by atoms with Gasteiger partial charge in [0.15, 0.2) is 6.61 Å². The quantitative estimate of drug-likeness (QED) is 0.798. The third kappa shape index (κ3) is 4.29. The molecule has 1 saturated heterocycles. The Morgan fingerprint density at radius 3 is 2.41 bits per heavy atom. The molecule has 0 radical (unpaired) electrons. The number of likely N-dealkylation sites (tertiary alicyclic amines) is 1. The summed E-state index contributed by atoms with van der Waals surface area (Å²) in [6, 6.07) is 17.8. The molecular weight excluding hydrogens is 364 g/mol. The molecule has 2 aliphatic heterocycles. The van der Waals surface area contributed by atoms with Gasteiger partial charge in [0.1, 0.15) is 5.75 Å². The fourth-order valence-corrected chi connectivity index (χ4v) is 4.35. The first kappa shape index (κ1) is 19.5. The van der Waals surface area contributed by atoms with Crippen LogP contribution in [-0.4, -0.2) is 42.5 Å². The summed E-state index contributed by atoms with van der Waals surface area (Å²) in [7, 11) is 0. The van der Waals surface area contributed by atoms with Gasteiger partial charge in [-0.25, -0.2) is 0 Å². The molecule has 2 aromatic rings. The van der Waals surface area contributed by atoms with Crippen molar-refractivity contribution < 1.29 is 14.3 Å². The van der Waals surface area contributed by atoms with E-state index in [2.05, 4.69) is 19.1 Å². The van der Waals surface area contributed by atoms with Crippen molar-refractivity contribution in [1.82, 2.24) is 4.90 Å². The van der Waals surface area contributed by atoms with E-state index in [1.165, 1.54) is 5.56 Å². The van der Waals surface area contributed by atoms with Crippen LogP contribution in [0.4, 0.5) is 5.69 Å². The van der Waals surface area contributed by atoms with Crippen LogP contribution in [-0.2, 0) is 16.0 Å². The zero-order valence-electron chi connectivity index (χ0n) is 16.9. The number of carbonyl (C=O) groups excluding carboxylic acids is 2. The number of fused-ring (bicyclic) bond motifs is 1. The van der Waals surface area contributed by atoms with Gasteiger partial charge in [0, 0.05) is 30.7 Å². The molecule has 2 aliphatic rings. The van der Waals surface area contributed by atoms with Gasteiger partial charge in [0.2, 0.25) is 5.91 Å². The van der Waals surface area contributed by atoms with Crippen LogP contribution in [0.2, 0.25) is 0 Å². The number of piperidine rings is 1. The Hall–Kier alpha value is -2.82. The lowest BCUT2D eigenvalue weighted by molar-refractivity contribution is -0.136. The van der Waals surface area contributed by atoms with Crippen LogP contribution in [0.3, 0.4) is 0 Å². The Kier molecular flexibility index (Phi) is 5.84. The molecule has 0 aliphatic carbocycles. The zero-order valence-corrected chi connectivity index (χ0v) is 16.9. The van der Waals surface area contributed by atoms with Gasteiger partial charge in [-0.2, -0.15) is 0 Å². The molecule has 0 saturated carbocycles. The third-order valence-corrected chi connectivity index (χ3v) is 6.06. The maximum absolute atomic E-state index is 13.3. The van der Waals surface area contributed by atoms with Crippen LogP contribution in [0.1, 0.15) is 31.7 Å². The number of hydrogen-bond acceptors (Lipinski definition) is 3. The van der Waals surface area contributed by atoms with Gasteiger partial charge >= 0.3 is 0 Å². The number of nitrogens with zero attached hydrogens (tertiary/aromatic N) is 2. The maximum atomic E-state index is 13.3. The first-order valence-corrected chi connectivity index (χ1v) is 10.5. The number of para-hydroxylation sites is 2. The Morgan fingerprint density at radius 1 is 0.966 bits per heavy atom. The molecule has 1 atom stereocenters. The molecular formula is C24H28N2O3. The number of carbonyl (C=O) groups is 2. The average molecular weight is 392 g/mol. The summed E-state index contributed by atoms with van der Waals surface area (Å²) >= 11 is 0. The summed E-state index contributed by atoms with van der Waals surface area (Å²) < 4.78 is 5.58. The van der Waals surface area contributed by atoms with Crippen molar-refractivity contribution in [3.8, 4) is 5.75 Å². The lowest BCUT2D eigenvalue weighted by Crippen LogP contribution is -2.49. The topological polar surface area (TPSA) is 49.9 Å². The van der Waals surface area contributed by atoms with Crippen LogP contribution in [0.25, 0.3) is 0 Å². The molecule has 29 heavy (non-hydrogen) atoms. The van der Waals surface area contributed by atoms with Crippen molar-refractivity contribution in [3.63, 3.8) is 0 Å². The molecule has 2 aromatic carbocycles. The molecule has 0 spiro atoms. The molecule has 2 amide bonds. The van der Waals surface area contributed by atoms with E-state index in [0.717, 1.165) is 18.5 Å². The fourth-order valence-electron chi connectivity index (χ4n) is 4.35. The highest BCUT2D eigenvalue weighted by molar-refractivity contribution is 5.97. The van der Waals surface area contributed by atoms with E-state index < -0.39 is 0 Å². The molecule has 1 fully saturated rings. The summed E-state index contributed by atoms with van der Waals surface area (Å²) in [6.45, 7) is 3.39. The van der Waals surface area contributed by atoms with E-state index in [1.807, 2.05) is 52.3 Å². The summed E-state index contributed by atoms with van der Waals surface area (Å²) in [6.07, 6.45) is 3.44. The molecule has 5 nitrogen and oxygen atoms in total. The van der Waals surface area contributed by atoms with Gasteiger partial charge in [0.05, 0.1) is 0 Å². The van der Waals surface area contributed by atoms with Gasteiger partial charge < -0.3 is 14.5 Å². The van der Waals surface area contributed by atoms with Crippen LogP contribution >= 0.6 is 0 Å². The third-order valence-electron chi connectivity index (χ3n) is 6.06. The molecule has 0 bridgehead atoms. The van der Waals surface area contributed by atoms with Gasteiger partial charge in [-0.1, -0.05) is 36.4 Å². The predicted octanol–water partition coefficient (Wildman–Crippen LogP) is 3.67. The fraction of sp³-hybridized carbons (Fsp3) is 0.417. The van der Waals surface area contributed by atoms with Gasteiger partial charge in [0.25, 0.3) is 5.91 Å². The van der Waals surface area contributed by atoms with E-state index in [1.54, 1.807) is 0 Å². The number of ether oxygens (including phenoxy) is 1. The highest BCUT2D eigenvalue weighted by atomic mass is 16.5. The summed E-state index contributed by atoms with van der Waals surface area (Å²) in [5.74, 6) is 0.861. The Morgan fingerprint density at radius 2 is 1.66 bits per heavy atom. The maximum Gasteiger partial charge on any atom is 0.260 e. The summed E-state index contributed by atoms with van der Waals surface area (Å²) in [5, 5.41) is 0. The van der Waals surface area contributed by atoms with Crippen molar-refractivity contribution in [2.45, 2.75) is 38.6 Å². The molecule has 4 rings (SSSR count). The lowest BCUT2D eigenvalue weighted by Gasteiger charge is -2.39. The highest BCUT2D eigenvalue weighted by Crippen LogP contribution is 2.33. The van der Waals surface area contributed by atoms with E-state index in [4.69, 9.17) is 4.74 Å². The predicted molar refractivity (Wildman–Crippen MR) is 113 cm³/mol. The van der Waals surface area contributed by atoms with Crippen molar-refractivity contribution in [1.29, 1.82) is 0 Å². The molecule has 152 valence electrons. The average Bonchev–Trinajstić information content (AvgIpc) is 2.78. The molecule has 2 heterocycles. The Bertz CT molecular complexity index is 859. The Labute approximate surface area is 172 Å². The van der Waals surface area contributed by atoms with Gasteiger partial charge in [-0.15, -0.1) is 0 Å². The van der Waals surface area contributed by atoms with Crippen LogP contribution in [0, 0.1) is 5.92 Å². The van der Waals surface area contributed by atoms with Crippen LogP contribution in [0.15, 0.2) is 54.6 Å². The zero-order chi connectivity index (χ0) is 20.2. The van der Waals surface area contributed by atoms with Gasteiger partial charge in [-0.3, -0.25) is 9.59 Å². The molecule has 0 N–H and O–H groups in total. The molecule has 0 aromatic heterocycles. The van der Waals surface area contributed by atoms with Crippen molar-refractivity contribution >= 4 is 17.5 Å².